The lowest BCUT2D eigenvalue weighted by atomic mass is 9.82. The number of alkyl halides is 3. The molecule has 3 heterocycles. The number of amides is 1. The molecule has 0 spiro atoms. The van der Waals surface area contributed by atoms with E-state index in [4.69, 9.17) is 16.0 Å². The van der Waals surface area contributed by atoms with Gasteiger partial charge in [0.2, 0.25) is 11.8 Å². The molecule has 0 unspecified atom stereocenters. The Bertz CT molecular complexity index is 1190. The number of benzene rings is 1. The number of pyridine rings is 1. The third-order valence-corrected chi connectivity index (χ3v) is 6.61. The van der Waals surface area contributed by atoms with E-state index in [1.54, 1.807) is 0 Å². The molecule has 1 aliphatic carbocycles. The molecule has 1 aliphatic heterocycles. The third-order valence-electron chi connectivity index (χ3n) is 6.20. The van der Waals surface area contributed by atoms with Crippen molar-refractivity contribution in [2.45, 2.75) is 56.2 Å². The van der Waals surface area contributed by atoms with Crippen molar-refractivity contribution in [3.05, 3.63) is 52.8 Å². The van der Waals surface area contributed by atoms with Crippen LogP contribution in [0.25, 0.3) is 10.9 Å². The van der Waals surface area contributed by atoms with Crippen molar-refractivity contribution in [2.75, 3.05) is 6.54 Å². The molecular formula is C22H21ClF3N5O3. The lowest BCUT2D eigenvalue weighted by Gasteiger charge is -2.33. The number of hydrogen-bond acceptors (Lipinski definition) is 7. The number of fused-ring (bicyclic) bond motifs is 1. The van der Waals surface area contributed by atoms with Gasteiger partial charge in [0, 0.05) is 30.1 Å². The van der Waals surface area contributed by atoms with E-state index in [-0.39, 0.29) is 36.8 Å². The monoisotopic (exact) mass is 495 g/mol. The largest absolute Gasteiger partial charge is 0.522 e. The van der Waals surface area contributed by atoms with Crippen molar-refractivity contribution in [3.63, 3.8) is 0 Å². The number of aromatic nitrogens is 3. The Kier molecular flexibility index (Phi) is 6.17. The van der Waals surface area contributed by atoms with Crippen LogP contribution in [0.5, 0.6) is 0 Å². The highest BCUT2D eigenvalue weighted by molar-refractivity contribution is 6.38. The molecule has 1 saturated carbocycles. The minimum absolute atomic E-state index is 0.124. The van der Waals surface area contributed by atoms with Crippen molar-refractivity contribution in [2.24, 2.45) is 0 Å². The number of piperidine rings is 1. The summed E-state index contributed by atoms with van der Waals surface area (Å²) in [4.78, 5) is 17.1. The minimum atomic E-state index is -4.64. The van der Waals surface area contributed by atoms with Crippen LogP contribution in [0.2, 0.25) is 5.02 Å². The highest BCUT2D eigenvalue weighted by Gasteiger charge is 2.42. The lowest BCUT2D eigenvalue weighted by Crippen LogP contribution is -2.46. The van der Waals surface area contributed by atoms with Gasteiger partial charge in [-0.3, -0.25) is 14.5 Å². The van der Waals surface area contributed by atoms with Crippen molar-refractivity contribution in [1.82, 2.24) is 25.8 Å². The summed E-state index contributed by atoms with van der Waals surface area (Å²) in [5.74, 6) is 0.188. The third kappa shape index (κ3) is 4.86. The fourth-order valence-electron chi connectivity index (χ4n) is 4.32. The Morgan fingerprint density at radius 2 is 1.94 bits per heavy atom. The first-order chi connectivity index (χ1) is 16.3. The number of rotatable bonds is 5. The maximum absolute atomic E-state index is 12.8. The first kappa shape index (κ1) is 23.0. The van der Waals surface area contributed by atoms with E-state index < -0.39 is 12.5 Å². The first-order valence-corrected chi connectivity index (χ1v) is 11.3. The van der Waals surface area contributed by atoms with Crippen molar-refractivity contribution < 1.29 is 27.1 Å². The Morgan fingerprint density at radius 3 is 2.68 bits per heavy atom. The zero-order valence-corrected chi connectivity index (χ0v) is 18.6. The van der Waals surface area contributed by atoms with E-state index in [1.165, 1.54) is 6.20 Å². The fourth-order valence-corrected chi connectivity index (χ4v) is 4.62. The smallest absolute Gasteiger partial charge is 0.423 e. The molecule has 2 aromatic heterocycles. The molecule has 180 valence electrons. The molecule has 3 aromatic rings. The summed E-state index contributed by atoms with van der Waals surface area (Å²) in [6.07, 6.45) is -2.33. The van der Waals surface area contributed by atoms with Crippen molar-refractivity contribution in [3.8, 4) is 0 Å². The van der Waals surface area contributed by atoms with Gasteiger partial charge in [0.25, 0.3) is 5.91 Å². The Hall–Kier alpha value is -2.76. The van der Waals surface area contributed by atoms with Crippen LogP contribution in [0.15, 0.2) is 34.9 Å². The number of nitrogens with one attached hydrogen (secondary N) is 2. The Balaban J connectivity index is 1.13. The highest BCUT2D eigenvalue weighted by Crippen LogP contribution is 2.41. The normalized spacial score (nSPS) is 25.2. The van der Waals surface area contributed by atoms with E-state index in [1.807, 2.05) is 24.3 Å². The van der Waals surface area contributed by atoms with Gasteiger partial charge in [0.1, 0.15) is 0 Å². The molecule has 2 atom stereocenters. The van der Waals surface area contributed by atoms with E-state index in [0.29, 0.717) is 47.1 Å². The Morgan fingerprint density at radius 1 is 1.18 bits per heavy atom. The second-order valence-electron chi connectivity index (χ2n) is 8.54. The van der Waals surface area contributed by atoms with Crippen LogP contribution in [0, 0.1) is 0 Å². The topological polar surface area (TPSA) is 102 Å². The lowest BCUT2D eigenvalue weighted by molar-refractivity contribution is -0.352. The van der Waals surface area contributed by atoms with Crippen LogP contribution in [0.3, 0.4) is 0 Å². The summed E-state index contributed by atoms with van der Waals surface area (Å²) in [6, 6.07) is 7.03. The molecule has 2 fully saturated rings. The van der Waals surface area contributed by atoms with Gasteiger partial charge in [-0.25, -0.2) is 0 Å². The second-order valence-corrected chi connectivity index (χ2v) is 8.92. The summed E-state index contributed by atoms with van der Waals surface area (Å²) < 4.78 is 46.5. The van der Waals surface area contributed by atoms with Gasteiger partial charge in [0.15, 0.2) is 0 Å². The van der Waals surface area contributed by atoms with Gasteiger partial charge in [-0.05, 0) is 31.7 Å². The van der Waals surface area contributed by atoms with Gasteiger partial charge in [0.05, 0.1) is 28.2 Å². The number of para-hydroxylation sites is 1. The second kappa shape index (κ2) is 9.12. The molecule has 1 aromatic carbocycles. The van der Waals surface area contributed by atoms with Gasteiger partial charge in [-0.2, -0.15) is 0 Å². The van der Waals surface area contributed by atoms with Crippen LogP contribution in [-0.4, -0.2) is 46.1 Å². The summed E-state index contributed by atoms with van der Waals surface area (Å²) in [5.41, 5.74) is 1.03. The number of ether oxygens (including phenoxy) is 1. The molecule has 2 aliphatic rings. The number of nitrogens with zero attached hydrogens (tertiary/aromatic N) is 3. The average Bonchev–Trinajstić information content (AvgIpc) is 3.26. The first-order valence-electron chi connectivity index (χ1n) is 10.9. The molecule has 8 nitrogen and oxygen atoms in total. The van der Waals surface area contributed by atoms with Crippen LogP contribution in [0.4, 0.5) is 13.2 Å². The standard InChI is InChI=1S/C22H21ClF3N5O3/c23-18-14-3-1-2-4-16(14)28-10-15(18)19(32)29-12-5-6-17(27-9-12)21-31-30-20(33-21)11-7-13(8-11)34-22(24,25)26/h1-4,10-13,17,27H,5-9H2,(H,29,32)/t11?,12-,13?,17+/m0/s1. The van der Waals surface area contributed by atoms with E-state index in [9.17, 15) is 18.0 Å². The summed E-state index contributed by atoms with van der Waals surface area (Å²) >= 11 is 6.43. The number of carbonyl (C=O) groups is 1. The average molecular weight is 496 g/mol. The quantitative estimate of drug-likeness (QED) is 0.544. The summed E-state index contributed by atoms with van der Waals surface area (Å²) in [6.45, 7) is 0.484. The highest BCUT2D eigenvalue weighted by atomic mass is 35.5. The van der Waals surface area contributed by atoms with E-state index >= 15 is 0 Å². The van der Waals surface area contributed by atoms with E-state index in [0.717, 1.165) is 5.52 Å². The van der Waals surface area contributed by atoms with Gasteiger partial charge in [-0.1, -0.05) is 29.8 Å². The predicted molar refractivity (Wildman–Crippen MR) is 115 cm³/mol. The summed E-state index contributed by atoms with van der Waals surface area (Å²) in [5, 5.41) is 15.4. The molecule has 0 bridgehead atoms. The zero-order chi connectivity index (χ0) is 23.9. The fraction of sp³-hybridized carbons (Fsp3) is 0.455. The molecular weight excluding hydrogens is 475 g/mol. The predicted octanol–water partition coefficient (Wildman–Crippen LogP) is 4.28. The van der Waals surface area contributed by atoms with Crippen LogP contribution >= 0.6 is 11.6 Å². The number of halogens is 4. The minimum Gasteiger partial charge on any atom is -0.423 e. The molecule has 1 saturated heterocycles. The van der Waals surface area contributed by atoms with Crippen LogP contribution in [0.1, 0.15) is 59.8 Å². The maximum atomic E-state index is 12.8. The number of carbonyl (C=O) groups excluding carboxylic acids is 1. The molecule has 1 amide bonds. The molecule has 34 heavy (non-hydrogen) atoms. The van der Waals surface area contributed by atoms with Crippen molar-refractivity contribution in [1.29, 1.82) is 0 Å². The summed E-state index contributed by atoms with van der Waals surface area (Å²) in [7, 11) is 0. The number of hydrogen-bond donors (Lipinski definition) is 2. The molecule has 2 N–H and O–H groups in total. The van der Waals surface area contributed by atoms with Crippen LogP contribution < -0.4 is 10.6 Å². The Labute approximate surface area is 197 Å². The van der Waals surface area contributed by atoms with Gasteiger partial charge in [-0.15, -0.1) is 23.4 Å². The van der Waals surface area contributed by atoms with Crippen LogP contribution in [-0.2, 0) is 4.74 Å². The molecule has 5 rings (SSSR count). The zero-order valence-electron chi connectivity index (χ0n) is 17.8. The van der Waals surface area contributed by atoms with Gasteiger partial charge < -0.3 is 15.1 Å². The van der Waals surface area contributed by atoms with Crippen molar-refractivity contribution >= 4 is 28.4 Å². The SMILES string of the molecule is O=C(N[C@H]1CC[C@H](c2nnc(C3CC(OC(F)(F)F)C3)o2)NC1)c1cnc2ccccc2c1Cl. The molecule has 12 heteroatoms. The van der Waals surface area contributed by atoms with Gasteiger partial charge >= 0.3 is 6.36 Å². The van der Waals surface area contributed by atoms with E-state index in [2.05, 4.69) is 30.6 Å². The molecule has 0 radical (unpaired) electrons. The maximum Gasteiger partial charge on any atom is 0.522 e.